The third kappa shape index (κ3) is 4.03. The van der Waals surface area contributed by atoms with Crippen molar-refractivity contribution in [2.45, 2.75) is 25.7 Å². The van der Waals surface area contributed by atoms with Crippen LogP contribution in [-0.2, 0) is 6.42 Å². The third-order valence-electron chi connectivity index (χ3n) is 5.35. The maximum atomic E-state index is 12.6. The lowest BCUT2D eigenvalue weighted by atomic mass is 9.98. The monoisotopic (exact) mass is 401 g/mol. The Balaban J connectivity index is 1.70. The Morgan fingerprint density at radius 2 is 1.97 bits per heavy atom. The Hall–Kier alpha value is -3.66. The number of anilines is 1. The van der Waals surface area contributed by atoms with Crippen LogP contribution in [0.3, 0.4) is 0 Å². The van der Waals surface area contributed by atoms with E-state index in [2.05, 4.69) is 14.9 Å². The molecule has 152 valence electrons. The van der Waals surface area contributed by atoms with E-state index in [4.69, 9.17) is 9.72 Å². The van der Waals surface area contributed by atoms with E-state index in [0.29, 0.717) is 23.9 Å². The average Bonchev–Trinajstić information content (AvgIpc) is 2.80. The highest BCUT2D eigenvalue weighted by atomic mass is 16.5. The Morgan fingerprint density at radius 3 is 2.67 bits per heavy atom. The van der Waals surface area contributed by atoms with Crippen LogP contribution >= 0.6 is 0 Å². The highest BCUT2D eigenvalue weighted by molar-refractivity contribution is 5.67. The lowest BCUT2D eigenvalue weighted by Gasteiger charge is -2.28. The van der Waals surface area contributed by atoms with Gasteiger partial charge in [0, 0.05) is 37.3 Å². The number of methoxy groups -OCH3 is 1. The van der Waals surface area contributed by atoms with Crippen LogP contribution in [0.4, 0.5) is 5.82 Å². The summed E-state index contributed by atoms with van der Waals surface area (Å²) in [6.07, 6.45) is 5.47. The number of rotatable bonds is 5. The molecule has 0 bridgehead atoms. The maximum Gasteiger partial charge on any atom is 0.271 e. The summed E-state index contributed by atoms with van der Waals surface area (Å²) in [4.78, 5) is 26.4. The standard InChI is InChI=1S/C23H23N5O2/c1-30-21-10-9-17(15-25-21)18-8-4-3-7-16(18)13-20-26-22(19(14-24)23(29)27-20)28-11-5-2-6-12-28/h3-4,7-10,15H,2,5-6,11-13H2,1H3,(H,26,27,29). The first-order chi connectivity index (χ1) is 14.7. The van der Waals surface area contributed by atoms with E-state index in [-0.39, 0.29) is 11.1 Å². The number of pyridine rings is 1. The van der Waals surface area contributed by atoms with Gasteiger partial charge in [-0.05, 0) is 36.5 Å². The summed E-state index contributed by atoms with van der Waals surface area (Å²) < 4.78 is 5.14. The number of aromatic nitrogens is 3. The van der Waals surface area contributed by atoms with Gasteiger partial charge in [0.15, 0.2) is 11.4 Å². The summed E-state index contributed by atoms with van der Waals surface area (Å²) in [7, 11) is 1.59. The number of hydrogen-bond donors (Lipinski definition) is 1. The zero-order valence-corrected chi connectivity index (χ0v) is 16.9. The van der Waals surface area contributed by atoms with Crippen LogP contribution in [0.1, 0.15) is 36.2 Å². The molecule has 0 aliphatic carbocycles. The van der Waals surface area contributed by atoms with E-state index in [1.807, 2.05) is 42.5 Å². The van der Waals surface area contributed by atoms with E-state index in [1.165, 1.54) is 0 Å². The van der Waals surface area contributed by atoms with E-state index >= 15 is 0 Å². The minimum absolute atomic E-state index is 0.0910. The smallest absolute Gasteiger partial charge is 0.271 e. The van der Waals surface area contributed by atoms with Gasteiger partial charge in [-0.25, -0.2) is 9.97 Å². The molecule has 3 aromatic rings. The summed E-state index contributed by atoms with van der Waals surface area (Å²) in [6.45, 7) is 1.64. The molecule has 1 aromatic carbocycles. The van der Waals surface area contributed by atoms with Crippen molar-refractivity contribution in [1.29, 1.82) is 5.26 Å². The lowest BCUT2D eigenvalue weighted by Crippen LogP contribution is -2.33. The summed E-state index contributed by atoms with van der Waals surface area (Å²) in [5.41, 5.74) is 2.69. The zero-order chi connectivity index (χ0) is 20.9. The van der Waals surface area contributed by atoms with Crippen molar-refractivity contribution in [2.75, 3.05) is 25.1 Å². The molecule has 1 fully saturated rings. The zero-order valence-electron chi connectivity index (χ0n) is 16.9. The van der Waals surface area contributed by atoms with E-state index in [9.17, 15) is 10.1 Å². The van der Waals surface area contributed by atoms with Crippen molar-refractivity contribution in [1.82, 2.24) is 15.0 Å². The van der Waals surface area contributed by atoms with Crippen molar-refractivity contribution in [3.63, 3.8) is 0 Å². The van der Waals surface area contributed by atoms with Gasteiger partial charge in [-0.2, -0.15) is 5.26 Å². The number of nitrogens with zero attached hydrogens (tertiary/aromatic N) is 4. The van der Waals surface area contributed by atoms with Crippen LogP contribution in [0, 0.1) is 11.3 Å². The molecule has 2 aromatic heterocycles. The van der Waals surface area contributed by atoms with Gasteiger partial charge in [0.25, 0.3) is 5.56 Å². The fraction of sp³-hybridized carbons (Fsp3) is 0.304. The molecule has 30 heavy (non-hydrogen) atoms. The molecule has 7 nitrogen and oxygen atoms in total. The molecule has 0 unspecified atom stereocenters. The number of hydrogen-bond acceptors (Lipinski definition) is 6. The van der Waals surface area contributed by atoms with Crippen LogP contribution in [0.25, 0.3) is 11.1 Å². The van der Waals surface area contributed by atoms with Gasteiger partial charge in [-0.3, -0.25) is 4.79 Å². The Morgan fingerprint density at radius 1 is 1.17 bits per heavy atom. The number of aromatic amines is 1. The number of nitriles is 1. The normalized spacial score (nSPS) is 13.7. The Labute approximate surface area is 175 Å². The molecule has 1 aliphatic rings. The number of nitrogens with one attached hydrogen (secondary N) is 1. The molecular weight excluding hydrogens is 378 g/mol. The molecule has 0 saturated carbocycles. The number of piperidine rings is 1. The minimum atomic E-state index is -0.383. The van der Waals surface area contributed by atoms with E-state index < -0.39 is 0 Å². The van der Waals surface area contributed by atoms with E-state index in [1.54, 1.807) is 13.3 Å². The fourth-order valence-electron chi connectivity index (χ4n) is 3.82. The maximum absolute atomic E-state index is 12.6. The number of benzene rings is 1. The predicted octanol–water partition coefficient (Wildman–Crippen LogP) is 3.29. The fourth-order valence-corrected chi connectivity index (χ4v) is 3.82. The summed E-state index contributed by atoms with van der Waals surface area (Å²) in [5.74, 6) is 1.61. The van der Waals surface area contributed by atoms with E-state index in [0.717, 1.165) is 49.0 Å². The molecule has 0 atom stereocenters. The minimum Gasteiger partial charge on any atom is -0.481 e. The molecule has 3 heterocycles. The molecule has 1 saturated heterocycles. The molecule has 0 spiro atoms. The van der Waals surface area contributed by atoms with Gasteiger partial charge in [-0.15, -0.1) is 0 Å². The third-order valence-corrected chi connectivity index (χ3v) is 5.35. The summed E-state index contributed by atoms with van der Waals surface area (Å²) in [5, 5.41) is 9.49. The molecular formula is C23H23N5O2. The average molecular weight is 401 g/mol. The predicted molar refractivity (Wildman–Crippen MR) is 115 cm³/mol. The molecule has 0 radical (unpaired) electrons. The molecule has 0 amide bonds. The molecule has 4 rings (SSSR count). The first kappa shape index (κ1) is 19.6. The number of ether oxygens (including phenoxy) is 1. The van der Waals surface area contributed by atoms with Crippen LogP contribution in [0.5, 0.6) is 5.88 Å². The van der Waals surface area contributed by atoms with Crippen molar-refractivity contribution < 1.29 is 4.74 Å². The van der Waals surface area contributed by atoms with Crippen LogP contribution < -0.4 is 15.2 Å². The van der Waals surface area contributed by atoms with Crippen molar-refractivity contribution in [3.8, 4) is 23.1 Å². The second kappa shape index (κ2) is 8.78. The summed E-state index contributed by atoms with van der Waals surface area (Å²) in [6, 6.07) is 13.8. The van der Waals surface area contributed by atoms with Gasteiger partial charge in [0.2, 0.25) is 5.88 Å². The topological polar surface area (TPSA) is 94.9 Å². The molecule has 1 N–H and O–H groups in total. The number of H-pyrrole nitrogens is 1. The van der Waals surface area contributed by atoms with Gasteiger partial charge < -0.3 is 14.6 Å². The molecule has 7 heteroatoms. The largest absolute Gasteiger partial charge is 0.481 e. The van der Waals surface area contributed by atoms with Crippen LogP contribution in [0.2, 0.25) is 0 Å². The van der Waals surface area contributed by atoms with Gasteiger partial charge >= 0.3 is 0 Å². The second-order valence-corrected chi connectivity index (χ2v) is 7.29. The van der Waals surface area contributed by atoms with Crippen LogP contribution in [-0.4, -0.2) is 35.2 Å². The quantitative estimate of drug-likeness (QED) is 0.705. The van der Waals surface area contributed by atoms with Crippen molar-refractivity contribution in [3.05, 3.63) is 69.9 Å². The Bertz CT molecular complexity index is 1130. The highest BCUT2D eigenvalue weighted by Crippen LogP contribution is 2.26. The first-order valence-corrected chi connectivity index (χ1v) is 10.1. The van der Waals surface area contributed by atoms with Gasteiger partial charge in [0.1, 0.15) is 11.9 Å². The Kier molecular flexibility index (Phi) is 5.75. The second-order valence-electron chi connectivity index (χ2n) is 7.29. The van der Waals surface area contributed by atoms with Crippen LogP contribution in [0.15, 0.2) is 47.4 Å². The van der Waals surface area contributed by atoms with Crippen molar-refractivity contribution >= 4 is 5.82 Å². The van der Waals surface area contributed by atoms with Crippen molar-refractivity contribution in [2.24, 2.45) is 0 Å². The van der Waals surface area contributed by atoms with Gasteiger partial charge in [-0.1, -0.05) is 24.3 Å². The van der Waals surface area contributed by atoms with Gasteiger partial charge in [0.05, 0.1) is 7.11 Å². The summed E-state index contributed by atoms with van der Waals surface area (Å²) >= 11 is 0. The SMILES string of the molecule is COc1ccc(-c2ccccc2Cc2nc(N3CCCCC3)c(C#N)c(=O)[nH]2)cn1. The molecule has 1 aliphatic heterocycles. The highest BCUT2D eigenvalue weighted by Gasteiger charge is 2.20. The first-order valence-electron chi connectivity index (χ1n) is 10.1. The lowest BCUT2D eigenvalue weighted by molar-refractivity contribution is 0.398.